The van der Waals surface area contributed by atoms with Crippen molar-refractivity contribution < 1.29 is 9.18 Å². The Bertz CT molecular complexity index is 614. The van der Waals surface area contributed by atoms with Crippen LogP contribution >= 0.6 is 0 Å². The van der Waals surface area contributed by atoms with E-state index in [0.29, 0.717) is 18.7 Å². The van der Waals surface area contributed by atoms with Gasteiger partial charge < -0.3 is 10.6 Å². The van der Waals surface area contributed by atoms with Gasteiger partial charge in [-0.2, -0.15) is 0 Å². The fourth-order valence-corrected chi connectivity index (χ4v) is 2.00. The van der Waals surface area contributed by atoms with Crippen LogP contribution in [-0.4, -0.2) is 24.0 Å². The Kier molecular flexibility index (Phi) is 5.89. The standard InChI is InChI=1S/C17H20FN3O/c1-2-8-21-17(22)14-10-16(12-19-11-14)20-9-7-13-3-5-15(18)6-4-13/h3-6,10-12,20H,2,7-9H2,1H3,(H,21,22). The molecule has 0 radical (unpaired) electrons. The zero-order chi connectivity index (χ0) is 15.8. The molecule has 4 nitrogen and oxygen atoms in total. The number of nitrogens with zero attached hydrogens (tertiary/aromatic N) is 1. The molecule has 0 saturated heterocycles. The highest BCUT2D eigenvalue weighted by Crippen LogP contribution is 2.09. The molecule has 0 spiro atoms. The van der Waals surface area contributed by atoms with Crippen molar-refractivity contribution in [1.82, 2.24) is 10.3 Å². The van der Waals surface area contributed by atoms with E-state index in [1.54, 1.807) is 30.6 Å². The quantitative estimate of drug-likeness (QED) is 0.826. The Morgan fingerprint density at radius 3 is 2.68 bits per heavy atom. The summed E-state index contributed by atoms with van der Waals surface area (Å²) in [5, 5.41) is 6.04. The van der Waals surface area contributed by atoms with Crippen LogP contribution in [0.2, 0.25) is 0 Å². The first-order valence-electron chi connectivity index (χ1n) is 7.40. The lowest BCUT2D eigenvalue weighted by Crippen LogP contribution is -2.24. The Labute approximate surface area is 129 Å². The lowest BCUT2D eigenvalue weighted by Gasteiger charge is -2.08. The van der Waals surface area contributed by atoms with Gasteiger partial charge in [-0.05, 0) is 36.6 Å². The Morgan fingerprint density at radius 1 is 1.18 bits per heavy atom. The molecule has 1 aromatic heterocycles. The predicted octanol–water partition coefficient (Wildman–Crippen LogP) is 3.02. The smallest absolute Gasteiger partial charge is 0.252 e. The first-order chi connectivity index (χ1) is 10.7. The van der Waals surface area contributed by atoms with Gasteiger partial charge in [-0.25, -0.2) is 4.39 Å². The third-order valence-electron chi connectivity index (χ3n) is 3.19. The summed E-state index contributed by atoms with van der Waals surface area (Å²) in [7, 11) is 0. The lowest BCUT2D eigenvalue weighted by molar-refractivity contribution is 0.0953. The zero-order valence-corrected chi connectivity index (χ0v) is 12.6. The number of benzene rings is 1. The van der Waals surface area contributed by atoms with Gasteiger partial charge in [0.05, 0.1) is 11.3 Å². The van der Waals surface area contributed by atoms with Crippen molar-refractivity contribution in [2.75, 3.05) is 18.4 Å². The number of amides is 1. The molecule has 0 aliphatic rings. The molecule has 1 aromatic carbocycles. The van der Waals surface area contributed by atoms with Crippen LogP contribution in [0.1, 0.15) is 29.3 Å². The van der Waals surface area contributed by atoms with Gasteiger partial charge in [0.25, 0.3) is 5.91 Å². The molecule has 2 N–H and O–H groups in total. The van der Waals surface area contributed by atoms with E-state index < -0.39 is 0 Å². The molecule has 0 unspecified atom stereocenters. The molecule has 0 aliphatic carbocycles. The number of nitrogens with one attached hydrogen (secondary N) is 2. The molecule has 22 heavy (non-hydrogen) atoms. The van der Waals surface area contributed by atoms with Crippen LogP contribution in [0.4, 0.5) is 10.1 Å². The Balaban J connectivity index is 1.87. The van der Waals surface area contributed by atoms with E-state index in [1.807, 2.05) is 6.92 Å². The van der Waals surface area contributed by atoms with E-state index in [0.717, 1.165) is 24.1 Å². The van der Waals surface area contributed by atoms with Gasteiger partial charge in [0.15, 0.2) is 0 Å². The minimum Gasteiger partial charge on any atom is -0.383 e. The second-order valence-electron chi connectivity index (χ2n) is 5.02. The number of halogens is 1. The molecular weight excluding hydrogens is 281 g/mol. The molecule has 0 saturated carbocycles. The molecule has 1 amide bonds. The van der Waals surface area contributed by atoms with Crippen molar-refractivity contribution in [3.8, 4) is 0 Å². The highest BCUT2D eigenvalue weighted by atomic mass is 19.1. The van der Waals surface area contributed by atoms with Crippen molar-refractivity contribution in [2.45, 2.75) is 19.8 Å². The van der Waals surface area contributed by atoms with Crippen LogP contribution < -0.4 is 10.6 Å². The summed E-state index contributed by atoms with van der Waals surface area (Å²) in [5.74, 6) is -0.344. The zero-order valence-electron chi connectivity index (χ0n) is 12.6. The molecule has 0 atom stereocenters. The van der Waals surface area contributed by atoms with E-state index in [2.05, 4.69) is 15.6 Å². The lowest BCUT2D eigenvalue weighted by atomic mass is 10.1. The van der Waals surface area contributed by atoms with Gasteiger partial charge in [0, 0.05) is 25.5 Å². The molecule has 2 rings (SSSR count). The maximum absolute atomic E-state index is 12.8. The topological polar surface area (TPSA) is 54.0 Å². The van der Waals surface area contributed by atoms with Gasteiger partial charge in [-0.1, -0.05) is 19.1 Å². The minimum absolute atomic E-state index is 0.114. The van der Waals surface area contributed by atoms with Gasteiger partial charge in [0.1, 0.15) is 5.82 Å². The molecular formula is C17H20FN3O. The number of hydrogen-bond acceptors (Lipinski definition) is 3. The van der Waals surface area contributed by atoms with E-state index in [9.17, 15) is 9.18 Å². The number of rotatable bonds is 7. The summed E-state index contributed by atoms with van der Waals surface area (Å²) in [6, 6.07) is 8.22. The molecule has 0 bridgehead atoms. The number of carbonyl (C=O) groups is 1. The monoisotopic (exact) mass is 301 g/mol. The summed E-state index contributed by atoms with van der Waals surface area (Å²) in [5.41, 5.74) is 2.39. The summed E-state index contributed by atoms with van der Waals surface area (Å²) >= 11 is 0. The second-order valence-corrected chi connectivity index (χ2v) is 5.02. The van der Waals surface area contributed by atoms with Crippen LogP contribution in [0, 0.1) is 5.82 Å². The van der Waals surface area contributed by atoms with Crippen molar-refractivity contribution in [3.05, 3.63) is 59.7 Å². The van der Waals surface area contributed by atoms with Crippen molar-refractivity contribution in [1.29, 1.82) is 0 Å². The van der Waals surface area contributed by atoms with Crippen molar-refractivity contribution in [3.63, 3.8) is 0 Å². The minimum atomic E-state index is -0.230. The van der Waals surface area contributed by atoms with Crippen molar-refractivity contribution in [2.24, 2.45) is 0 Å². The molecule has 2 aromatic rings. The van der Waals surface area contributed by atoms with Gasteiger partial charge >= 0.3 is 0 Å². The molecule has 0 aliphatic heterocycles. The summed E-state index contributed by atoms with van der Waals surface area (Å²) < 4.78 is 12.8. The molecule has 0 fully saturated rings. The van der Waals surface area contributed by atoms with Crippen LogP contribution in [0.25, 0.3) is 0 Å². The summed E-state index contributed by atoms with van der Waals surface area (Å²) in [4.78, 5) is 15.9. The Morgan fingerprint density at radius 2 is 1.95 bits per heavy atom. The van der Waals surface area contributed by atoms with E-state index in [-0.39, 0.29) is 11.7 Å². The average molecular weight is 301 g/mol. The van der Waals surface area contributed by atoms with E-state index in [1.165, 1.54) is 12.1 Å². The third-order valence-corrected chi connectivity index (χ3v) is 3.19. The number of anilines is 1. The SMILES string of the molecule is CCCNC(=O)c1cncc(NCCc2ccc(F)cc2)c1. The first-order valence-corrected chi connectivity index (χ1v) is 7.40. The van der Waals surface area contributed by atoms with E-state index >= 15 is 0 Å². The maximum atomic E-state index is 12.8. The van der Waals surface area contributed by atoms with Crippen LogP contribution in [0.15, 0.2) is 42.7 Å². The highest BCUT2D eigenvalue weighted by Gasteiger charge is 2.05. The maximum Gasteiger partial charge on any atom is 0.252 e. The Hall–Kier alpha value is -2.43. The second kappa shape index (κ2) is 8.12. The van der Waals surface area contributed by atoms with Crippen LogP contribution in [0.5, 0.6) is 0 Å². The number of pyridine rings is 1. The fraction of sp³-hybridized carbons (Fsp3) is 0.294. The average Bonchev–Trinajstić information content (AvgIpc) is 2.55. The van der Waals surface area contributed by atoms with Crippen LogP contribution in [0.3, 0.4) is 0 Å². The summed E-state index contributed by atoms with van der Waals surface area (Å²) in [6.45, 7) is 3.35. The number of hydrogen-bond donors (Lipinski definition) is 2. The molecule has 5 heteroatoms. The molecule has 1 heterocycles. The van der Waals surface area contributed by atoms with Gasteiger partial charge in [-0.15, -0.1) is 0 Å². The number of aromatic nitrogens is 1. The summed E-state index contributed by atoms with van der Waals surface area (Å²) in [6.07, 6.45) is 4.90. The molecule has 116 valence electrons. The highest BCUT2D eigenvalue weighted by molar-refractivity contribution is 5.94. The van der Waals surface area contributed by atoms with Gasteiger partial charge in [-0.3, -0.25) is 9.78 Å². The number of carbonyl (C=O) groups excluding carboxylic acids is 1. The van der Waals surface area contributed by atoms with Crippen molar-refractivity contribution >= 4 is 11.6 Å². The van der Waals surface area contributed by atoms with Crippen LogP contribution in [-0.2, 0) is 6.42 Å². The largest absolute Gasteiger partial charge is 0.383 e. The van der Waals surface area contributed by atoms with Gasteiger partial charge in [0.2, 0.25) is 0 Å². The fourth-order valence-electron chi connectivity index (χ4n) is 2.00. The normalized spacial score (nSPS) is 10.3. The predicted molar refractivity (Wildman–Crippen MR) is 85.5 cm³/mol. The van der Waals surface area contributed by atoms with E-state index in [4.69, 9.17) is 0 Å². The first kappa shape index (κ1) is 15.9. The third kappa shape index (κ3) is 4.84.